The molecule has 1 aromatic heterocycles. The minimum atomic E-state index is -0.233. The molecule has 0 unspecified atom stereocenters. The van der Waals surface area contributed by atoms with Gasteiger partial charge in [-0.2, -0.15) is 5.10 Å². The predicted octanol–water partition coefficient (Wildman–Crippen LogP) is 1.31. The summed E-state index contributed by atoms with van der Waals surface area (Å²) < 4.78 is 6.81. The van der Waals surface area contributed by atoms with Crippen LogP contribution in [0.1, 0.15) is 28.2 Å². The zero-order valence-corrected chi connectivity index (χ0v) is 15.4. The minimum Gasteiger partial charge on any atom is -0.497 e. The zero-order valence-electron chi connectivity index (χ0n) is 15.4. The van der Waals surface area contributed by atoms with Gasteiger partial charge in [-0.3, -0.25) is 14.3 Å². The fourth-order valence-corrected chi connectivity index (χ4v) is 3.07. The van der Waals surface area contributed by atoms with Gasteiger partial charge >= 0.3 is 0 Å². The molecule has 7 heteroatoms. The lowest BCUT2D eigenvalue weighted by molar-refractivity contribution is -0.127. The number of ether oxygens (including phenoxy) is 1. The lowest BCUT2D eigenvalue weighted by Gasteiger charge is -2.17. The van der Waals surface area contributed by atoms with Crippen molar-refractivity contribution in [3.8, 4) is 5.75 Å². The highest BCUT2D eigenvalue weighted by Crippen LogP contribution is 2.15. The molecule has 2 amide bonds. The van der Waals surface area contributed by atoms with Crippen molar-refractivity contribution in [1.29, 1.82) is 0 Å². The number of hydrogen-bond acceptors (Lipinski definition) is 4. The Balaban J connectivity index is 1.52. The van der Waals surface area contributed by atoms with Crippen molar-refractivity contribution in [3.05, 3.63) is 47.3 Å². The normalized spacial score (nSPS) is 16.8. The summed E-state index contributed by atoms with van der Waals surface area (Å²) in [4.78, 5) is 26.3. The SMILES string of the molecule is COc1ccc(CCN2C[C@@H](NC(=O)c3cc(C)n(C)n3)CC2=O)cc1. The molecule has 0 aliphatic carbocycles. The van der Waals surface area contributed by atoms with Gasteiger partial charge in [-0.15, -0.1) is 0 Å². The van der Waals surface area contributed by atoms with Crippen molar-refractivity contribution < 1.29 is 14.3 Å². The summed E-state index contributed by atoms with van der Waals surface area (Å²) >= 11 is 0. The molecule has 1 aliphatic rings. The van der Waals surface area contributed by atoms with Crippen LogP contribution in [0.15, 0.2) is 30.3 Å². The summed E-state index contributed by atoms with van der Waals surface area (Å²) in [6, 6.07) is 9.41. The monoisotopic (exact) mass is 356 g/mol. The average molecular weight is 356 g/mol. The first-order valence-corrected chi connectivity index (χ1v) is 8.68. The lowest BCUT2D eigenvalue weighted by Crippen LogP contribution is -2.37. The number of hydrogen-bond donors (Lipinski definition) is 1. The topological polar surface area (TPSA) is 76.5 Å². The number of methoxy groups -OCH3 is 1. The number of likely N-dealkylation sites (tertiary alicyclic amines) is 1. The van der Waals surface area contributed by atoms with Gasteiger partial charge in [0.1, 0.15) is 11.4 Å². The third-order valence-electron chi connectivity index (χ3n) is 4.73. The van der Waals surface area contributed by atoms with E-state index in [1.165, 1.54) is 0 Å². The van der Waals surface area contributed by atoms with Crippen molar-refractivity contribution in [2.24, 2.45) is 7.05 Å². The summed E-state index contributed by atoms with van der Waals surface area (Å²) in [5, 5.41) is 7.09. The predicted molar refractivity (Wildman–Crippen MR) is 97.1 cm³/mol. The molecule has 138 valence electrons. The Morgan fingerprint density at radius 3 is 2.69 bits per heavy atom. The molecule has 2 heterocycles. The minimum absolute atomic E-state index is 0.0704. The molecule has 0 spiro atoms. The summed E-state index contributed by atoms with van der Waals surface area (Å²) in [5.74, 6) is 0.656. The van der Waals surface area contributed by atoms with Gasteiger partial charge in [-0.05, 0) is 37.1 Å². The maximum absolute atomic E-state index is 12.3. The molecular weight excluding hydrogens is 332 g/mol. The van der Waals surface area contributed by atoms with E-state index in [-0.39, 0.29) is 17.9 Å². The van der Waals surface area contributed by atoms with Crippen LogP contribution in [0, 0.1) is 6.92 Å². The van der Waals surface area contributed by atoms with Crippen LogP contribution in [0.2, 0.25) is 0 Å². The quantitative estimate of drug-likeness (QED) is 0.847. The van der Waals surface area contributed by atoms with Crippen molar-refractivity contribution in [2.45, 2.75) is 25.8 Å². The molecule has 0 radical (unpaired) electrons. The van der Waals surface area contributed by atoms with Gasteiger partial charge in [0, 0.05) is 32.3 Å². The van der Waals surface area contributed by atoms with Crippen molar-refractivity contribution >= 4 is 11.8 Å². The summed E-state index contributed by atoms with van der Waals surface area (Å²) in [7, 11) is 3.44. The number of amides is 2. The van der Waals surface area contributed by atoms with Crippen LogP contribution >= 0.6 is 0 Å². The third kappa shape index (κ3) is 4.04. The van der Waals surface area contributed by atoms with Gasteiger partial charge in [0.05, 0.1) is 13.2 Å². The van der Waals surface area contributed by atoms with E-state index in [0.29, 0.717) is 25.2 Å². The van der Waals surface area contributed by atoms with Gasteiger partial charge in [0.15, 0.2) is 0 Å². The Morgan fingerprint density at radius 1 is 1.35 bits per heavy atom. The molecule has 1 aromatic carbocycles. The van der Waals surface area contributed by atoms with Gasteiger partial charge in [-0.1, -0.05) is 12.1 Å². The smallest absolute Gasteiger partial charge is 0.272 e. The molecular formula is C19H24N4O3. The second-order valence-electron chi connectivity index (χ2n) is 6.61. The Labute approximate surface area is 152 Å². The second kappa shape index (κ2) is 7.59. The number of carbonyl (C=O) groups excluding carboxylic acids is 2. The molecule has 1 N–H and O–H groups in total. The highest BCUT2D eigenvalue weighted by Gasteiger charge is 2.30. The first-order valence-electron chi connectivity index (χ1n) is 8.68. The van der Waals surface area contributed by atoms with E-state index >= 15 is 0 Å². The van der Waals surface area contributed by atoms with Gasteiger partial charge < -0.3 is 15.0 Å². The standard InChI is InChI=1S/C19H24N4O3/c1-13-10-17(21-22(13)2)19(25)20-15-11-18(24)23(12-15)9-8-14-4-6-16(26-3)7-5-14/h4-7,10,15H,8-9,11-12H2,1-3H3,(H,20,25)/t15-/m0/s1. The highest BCUT2D eigenvalue weighted by molar-refractivity contribution is 5.93. The molecule has 26 heavy (non-hydrogen) atoms. The van der Waals surface area contributed by atoms with Crippen LogP contribution in [0.5, 0.6) is 5.75 Å². The molecule has 0 bridgehead atoms. The largest absolute Gasteiger partial charge is 0.497 e. The molecule has 1 fully saturated rings. The average Bonchev–Trinajstić information content (AvgIpc) is 3.15. The fourth-order valence-electron chi connectivity index (χ4n) is 3.07. The molecule has 1 saturated heterocycles. The van der Waals surface area contributed by atoms with Gasteiger partial charge in [0.25, 0.3) is 5.91 Å². The summed E-state index contributed by atoms with van der Waals surface area (Å²) in [6.07, 6.45) is 1.11. The van der Waals surface area contributed by atoms with E-state index in [1.54, 1.807) is 29.8 Å². The van der Waals surface area contributed by atoms with Gasteiger partial charge in [-0.25, -0.2) is 0 Å². The Bertz CT molecular complexity index is 778. The van der Waals surface area contributed by atoms with Crippen molar-refractivity contribution in [1.82, 2.24) is 20.0 Å². The number of rotatable bonds is 6. The molecule has 0 saturated carbocycles. The van der Waals surface area contributed by atoms with Crippen LogP contribution < -0.4 is 10.1 Å². The van der Waals surface area contributed by atoms with E-state index in [4.69, 9.17) is 4.74 Å². The Kier molecular flexibility index (Phi) is 5.25. The highest BCUT2D eigenvalue weighted by atomic mass is 16.5. The molecule has 2 aromatic rings. The van der Waals surface area contributed by atoms with Crippen LogP contribution in [-0.4, -0.2) is 52.7 Å². The summed E-state index contributed by atoms with van der Waals surface area (Å²) in [6.45, 7) is 3.07. The molecule has 1 atom stereocenters. The van der Waals surface area contributed by atoms with E-state index < -0.39 is 0 Å². The number of benzene rings is 1. The molecule has 7 nitrogen and oxygen atoms in total. The second-order valence-corrected chi connectivity index (χ2v) is 6.61. The van der Waals surface area contributed by atoms with Crippen molar-refractivity contribution in [2.75, 3.05) is 20.2 Å². The van der Waals surface area contributed by atoms with E-state index in [0.717, 1.165) is 23.4 Å². The number of carbonyl (C=O) groups is 2. The van der Waals surface area contributed by atoms with Crippen LogP contribution in [-0.2, 0) is 18.3 Å². The first kappa shape index (κ1) is 18.0. The van der Waals surface area contributed by atoms with Gasteiger partial charge in [0.2, 0.25) is 5.91 Å². The van der Waals surface area contributed by atoms with Crippen LogP contribution in [0.3, 0.4) is 0 Å². The zero-order chi connectivity index (χ0) is 18.7. The Morgan fingerprint density at radius 2 is 2.08 bits per heavy atom. The first-order chi connectivity index (χ1) is 12.5. The lowest BCUT2D eigenvalue weighted by atomic mass is 10.1. The van der Waals surface area contributed by atoms with E-state index in [1.807, 2.05) is 31.2 Å². The molecule has 3 rings (SSSR count). The fraction of sp³-hybridized carbons (Fsp3) is 0.421. The maximum atomic E-state index is 12.3. The summed E-state index contributed by atoms with van der Waals surface area (Å²) in [5.41, 5.74) is 2.45. The van der Waals surface area contributed by atoms with E-state index in [9.17, 15) is 9.59 Å². The Hall–Kier alpha value is -2.83. The maximum Gasteiger partial charge on any atom is 0.272 e. The number of aryl methyl sites for hydroxylation is 2. The number of aromatic nitrogens is 2. The molecule has 1 aliphatic heterocycles. The van der Waals surface area contributed by atoms with Crippen LogP contribution in [0.4, 0.5) is 0 Å². The van der Waals surface area contributed by atoms with Crippen LogP contribution in [0.25, 0.3) is 0 Å². The van der Waals surface area contributed by atoms with E-state index in [2.05, 4.69) is 10.4 Å². The van der Waals surface area contributed by atoms with Crippen molar-refractivity contribution in [3.63, 3.8) is 0 Å². The number of nitrogens with zero attached hydrogens (tertiary/aromatic N) is 3. The number of nitrogens with one attached hydrogen (secondary N) is 1. The third-order valence-corrected chi connectivity index (χ3v) is 4.73.